The average Bonchev–Trinajstić information content (AvgIpc) is 3.12. The van der Waals surface area contributed by atoms with Crippen molar-refractivity contribution in [3.63, 3.8) is 0 Å². The van der Waals surface area contributed by atoms with Crippen LogP contribution in [0.1, 0.15) is 41.4 Å². The minimum atomic E-state index is 0.594. The van der Waals surface area contributed by atoms with E-state index in [4.69, 9.17) is 9.73 Å². The van der Waals surface area contributed by atoms with Gasteiger partial charge in [-0.3, -0.25) is 4.68 Å². The summed E-state index contributed by atoms with van der Waals surface area (Å²) in [5, 5.41) is 11.3. The van der Waals surface area contributed by atoms with Gasteiger partial charge in [-0.15, -0.1) is 0 Å². The largest absolute Gasteiger partial charge is 0.372 e. The van der Waals surface area contributed by atoms with Gasteiger partial charge in [0.25, 0.3) is 0 Å². The Balaban J connectivity index is 1.46. The maximum absolute atomic E-state index is 5.87. The Bertz CT molecular complexity index is 981. The van der Waals surface area contributed by atoms with Gasteiger partial charge >= 0.3 is 0 Å². The molecule has 1 aromatic heterocycles. The Kier molecular flexibility index (Phi) is 9.32. The summed E-state index contributed by atoms with van der Waals surface area (Å²) in [6, 6.07) is 20.8. The van der Waals surface area contributed by atoms with Gasteiger partial charge in [0.2, 0.25) is 0 Å². The molecule has 0 saturated heterocycles. The molecule has 0 aliphatic heterocycles. The van der Waals surface area contributed by atoms with Crippen molar-refractivity contribution in [2.24, 2.45) is 4.99 Å². The molecular weight excluding hydrogens is 398 g/mol. The van der Waals surface area contributed by atoms with E-state index in [9.17, 15) is 0 Å². The molecule has 0 radical (unpaired) electrons. The molecule has 0 fully saturated rings. The van der Waals surface area contributed by atoms with Crippen molar-refractivity contribution >= 4 is 5.96 Å². The van der Waals surface area contributed by atoms with E-state index < -0.39 is 0 Å². The van der Waals surface area contributed by atoms with Crippen LogP contribution < -0.4 is 10.6 Å². The molecule has 2 aromatic carbocycles. The Labute approximate surface area is 191 Å². The van der Waals surface area contributed by atoms with Crippen molar-refractivity contribution in [3.8, 4) is 0 Å². The first kappa shape index (κ1) is 23.5. The summed E-state index contributed by atoms with van der Waals surface area (Å²) in [5.41, 5.74) is 5.79. The van der Waals surface area contributed by atoms with Gasteiger partial charge in [-0.25, -0.2) is 4.99 Å². The first-order chi connectivity index (χ1) is 15.6. The molecule has 3 aromatic rings. The summed E-state index contributed by atoms with van der Waals surface area (Å²) in [7, 11) is 0. The van der Waals surface area contributed by atoms with Crippen molar-refractivity contribution in [1.82, 2.24) is 20.4 Å². The molecule has 0 saturated carbocycles. The molecule has 0 unspecified atom stereocenters. The molecule has 0 spiro atoms. The topological polar surface area (TPSA) is 63.5 Å². The lowest BCUT2D eigenvalue weighted by atomic mass is 10.1. The zero-order valence-electron chi connectivity index (χ0n) is 19.5. The second-order valence-corrected chi connectivity index (χ2v) is 7.92. The van der Waals surface area contributed by atoms with E-state index in [1.165, 1.54) is 16.8 Å². The lowest BCUT2D eigenvalue weighted by Gasteiger charge is -2.12. The van der Waals surface area contributed by atoms with Gasteiger partial charge in [0.15, 0.2) is 5.96 Å². The second-order valence-electron chi connectivity index (χ2n) is 7.92. The number of ether oxygens (including phenoxy) is 1. The van der Waals surface area contributed by atoms with Gasteiger partial charge < -0.3 is 15.4 Å². The highest BCUT2D eigenvalue weighted by atomic mass is 16.5. The molecule has 0 aliphatic rings. The Hall–Kier alpha value is -3.12. The van der Waals surface area contributed by atoms with E-state index in [1.54, 1.807) is 0 Å². The number of hydrogen-bond donors (Lipinski definition) is 2. The first-order valence-electron chi connectivity index (χ1n) is 11.4. The molecule has 0 bridgehead atoms. The van der Waals surface area contributed by atoms with Crippen LogP contribution in [0.25, 0.3) is 0 Å². The number of aryl methyl sites for hydroxylation is 3. The van der Waals surface area contributed by atoms with Crippen LogP contribution in [0.3, 0.4) is 0 Å². The highest BCUT2D eigenvalue weighted by Crippen LogP contribution is 2.10. The first-order valence-corrected chi connectivity index (χ1v) is 11.4. The molecule has 0 aliphatic carbocycles. The van der Waals surface area contributed by atoms with E-state index in [2.05, 4.69) is 76.7 Å². The average molecular weight is 434 g/mol. The number of aromatic nitrogens is 2. The van der Waals surface area contributed by atoms with Crippen LogP contribution in [0.5, 0.6) is 0 Å². The number of nitrogens with one attached hydrogen (secondary N) is 2. The van der Waals surface area contributed by atoms with Crippen molar-refractivity contribution in [2.75, 3.05) is 13.1 Å². The van der Waals surface area contributed by atoms with Crippen LogP contribution in [-0.4, -0.2) is 28.8 Å². The van der Waals surface area contributed by atoms with Gasteiger partial charge in [-0.2, -0.15) is 5.10 Å². The molecule has 0 atom stereocenters. The van der Waals surface area contributed by atoms with Crippen molar-refractivity contribution in [1.29, 1.82) is 0 Å². The van der Waals surface area contributed by atoms with Gasteiger partial charge in [0, 0.05) is 25.3 Å². The lowest BCUT2D eigenvalue weighted by Crippen LogP contribution is -2.38. The summed E-state index contributed by atoms with van der Waals surface area (Å²) in [6.07, 6.45) is 0.987. The zero-order valence-corrected chi connectivity index (χ0v) is 19.5. The van der Waals surface area contributed by atoms with E-state index in [1.807, 2.05) is 25.1 Å². The predicted molar refractivity (Wildman–Crippen MR) is 131 cm³/mol. The second kappa shape index (κ2) is 12.7. The normalized spacial score (nSPS) is 11.5. The molecule has 32 heavy (non-hydrogen) atoms. The number of nitrogens with zero attached hydrogens (tertiary/aromatic N) is 3. The Morgan fingerprint density at radius 2 is 1.69 bits per heavy atom. The highest BCUT2D eigenvalue weighted by Gasteiger charge is 2.02. The SMILES string of the molecule is CCNC(=NCc1cccc(COCc2ccccc2)c1)NCCCn1nc(C)cc1C. The standard InChI is InChI=1S/C26H35N5O/c1-4-27-26(28-14-9-15-31-22(3)16-21(2)30-31)29-18-24-12-8-13-25(17-24)20-32-19-23-10-6-5-7-11-23/h5-8,10-13,16-17H,4,9,14-15,18-20H2,1-3H3,(H2,27,28,29). The van der Waals surface area contributed by atoms with Crippen molar-refractivity contribution < 1.29 is 4.74 Å². The third-order valence-electron chi connectivity index (χ3n) is 5.08. The number of aliphatic imine (C=N–C) groups is 1. The Morgan fingerprint density at radius 1 is 0.938 bits per heavy atom. The van der Waals surface area contributed by atoms with Crippen LogP contribution in [0.15, 0.2) is 65.7 Å². The minimum Gasteiger partial charge on any atom is -0.372 e. The van der Waals surface area contributed by atoms with Crippen LogP contribution >= 0.6 is 0 Å². The van der Waals surface area contributed by atoms with Crippen LogP contribution in [0, 0.1) is 13.8 Å². The summed E-state index contributed by atoms with van der Waals surface area (Å²) < 4.78 is 7.93. The van der Waals surface area contributed by atoms with E-state index in [0.717, 1.165) is 43.3 Å². The molecule has 0 amide bonds. The van der Waals surface area contributed by atoms with Gasteiger partial charge in [-0.05, 0) is 49.9 Å². The summed E-state index contributed by atoms with van der Waals surface area (Å²) in [4.78, 5) is 4.75. The smallest absolute Gasteiger partial charge is 0.191 e. The van der Waals surface area contributed by atoms with E-state index >= 15 is 0 Å². The minimum absolute atomic E-state index is 0.594. The zero-order chi connectivity index (χ0) is 22.6. The summed E-state index contributed by atoms with van der Waals surface area (Å²) in [5.74, 6) is 0.839. The molecular formula is C26H35N5O. The molecule has 6 nitrogen and oxygen atoms in total. The van der Waals surface area contributed by atoms with Gasteiger partial charge in [0.1, 0.15) is 0 Å². The quantitative estimate of drug-likeness (QED) is 0.268. The Morgan fingerprint density at radius 3 is 2.44 bits per heavy atom. The predicted octanol–water partition coefficient (Wildman–Crippen LogP) is 4.36. The fourth-order valence-electron chi connectivity index (χ4n) is 3.53. The molecule has 170 valence electrons. The highest BCUT2D eigenvalue weighted by molar-refractivity contribution is 5.79. The monoisotopic (exact) mass is 433 g/mol. The third-order valence-corrected chi connectivity index (χ3v) is 5.08. The molecule has 1 heterocycles. The lowest BCUT2D eigenvalue weighted by molar-refractivity contribution is 0.107. The van der Waals surface area contributed by atoms with Crippen molar-refractivity contribution in [3.05, 3.63) is 88.7 Å². The fourth-order valence-corrected chi connectivity index (χ4v) is 3.53. The van der Waals surface area contributed by atoms with Gasteiger partial charge in [0.05, 0.1) is 25.5 Å². The van der Waals surface area contributed by atoms with Crippen LogP contribution in [0.2, 0.25) is 0 Å². The maximum atomic E-state index is 5.87. The van der Waals surface area contributed by atoms with Crippen LogP contribution in [0.4, 0.5) is 0 Å². The number of hydrogen-bond acceptors (Lipinski definition) is 3. The molecule has 3 rings (SSSR count). The summed E-state index contributed by atoms with van der Waals surface area (Å²) in [6.45, 7) is 10.6. The number of guanidine groups is 1. The number of benzene rings is 2. The van der Waals surface area contributed by atoms with Gasteiger partial charge in [-0.1, -0.05) is 54.6 Å². The van der Waals surface area contributed by atoms with Crippen LogP contribution in [-0.2, 0) is 31.0 Å². The van der Waals surface area contributed by atoms with E-state index in [-0.39, 0.29) is 0 Å². The third kappa shape index (κ3) is 7.85. The van der Waals surface area contributed by atoms with Crippen molar-refractivity contribution in [2.45, 2.75) is 53.5 Å². The number of rotatable bonds is 11. The molecule has 2 N–H and O–H groups in total. The fraction of sp³-hybridized carbons (Fsp3) is 0.385. The molecule has 6 heteroatoms. The summed E-state index contributed by atoms with van der Waals surface area (Å²) >= 11 is 0. The van der Waals surface area contributed by atoms with E-state index in [0.29, 0.717) is 19.8 Å². The maximum Gasteiger partial charge on any atom is 0.191 e.